The van der Waals surface area contributed by atoms with Crippen molar-refractivity contribution in [2.75, 3.05) is 20.2 Å². The number of carbonyl (C=O) groups is 1. The van der Waals surface area contributed by atoms with Gasteiger partial charge in [-0.25, -0.2) is 4.79 Å². The second kappa shape index (κ2) is 7.88. The second-order valence-electron chi connectivity index (χ2n) is 4.40. The molecule has 3 nitrogen and oxygen atoms in total. The fourth-order valence-corrected chi connectivity index (χ4v) is 1.96. The summed E-state index contributed by atoms with van der Waals surface area (Å²) in [6.45, 7) is 5.31. The highest BCUT2D eigenvalue weighted by atomic mass is 16.5. The summed E-state index contributed by atoms with van der Waals surface area (Å²) >= 11 is 0. The molecule has 1 unspecified atom stereocenters. The molecule has 0 heterocycles. The molecule has 0 amide bonds. The minimum atomic E-state index is -0.294. The quantitative estimate of drug-likeness (QED) is 0.696. The van der Waals surface area contributed by atoms with Crippen LogP contribution < -0.4 is 0 Å². The Bertz CT molecular complexity index is 351. The Kier molecular flexibility index (Phi) is 6.44. The van der Waals surface area contributed by atoms with Crippen LogP contribution in [-0.4, -0.2) is 31.1 Å². The van der Waals surface area contributed by atoms with Crippen molar-refractivity contribution in [2.45, 2.75) is 32.7 Å². The van der Waals surface area contributed by atoms with Gasteiger partial charge in [-0.2, -0.15) is 0 Å². The number of ether oxygens (including phenoxy) is 1. The monoisotopic (exact) mass is 249 g/mol. The molecular weight excluding hydrogens is 226 g/mol. The van der Waals surface area contributed by atoms with Gasteiger partial charge in [-0.1, -0.05) is 43.7 Å². The maximum atomic E-state index is 12.1. The minimum absolute atomic E-state index is 0.165. The SMILES string of the molecule is CCCCN(C)C(C(=O)OCC)c1ccccc1. The molecule has 3 heteroatoms. The largest absolute Gasteiger partial charge is 0.465 e. The van der Waals surface area contributed by atoms with E-state index >= 15 is 0 Å². The van der Waals surface area contributed by atoms with E-state index in [9.17, 15) is 4.79 Å². The van der Waals surface area contributed by atoms with Crippen molar-refractivity contribution in [3.05, 3.63) is 35.9 Å². The Labute approximate surface area is 110 Å². The van der Waals surface area contributed by atoms with Crippen LogP contribution in [0.15, 0.2) is 30.3 Å². The summed E-state index contributed by atoms with van der Waals surface area (Å²) in [7, 11) is 1.98. The van der Waals surface area contributed by atoms with Gasteiger partial charge in [-0.05, 0) is 32.5 Å². The average molecular weight is 249 g/mol. The first kappa shape index (κ1) is 14.7. The van der Waals surface area contributed by atoms with E-state index in [1.54, 1.807) is 0 Å². The van der Waals surface area contributed by atoms with Crippen LogP contribution in [0.1, 0.15) is 38.3 Å². The van der Waals surface area contributed by atoms with Crippen LogP contribution in [0.5, 0.6) is 0 Å². The summed E-state index contributed by atoms with van der Waals surface area (Å²) in [6, 6.07) is 9.52. The number of benzene rings is 1. The van der Waals surface area contributed by atoms with Crippen LogP contribution in [0, 0.1) is 0 Å². The molecule has 0 saturated heterocycles. The zero-order valence-corrected chi connectivity index (χ0v) is 11.6. The first-order chi connectivity index (χ1) is 8.70. The summed E-state index contributed by atoms with van der Waals surface area (Å²) in [4.78, 5) is 14.2. The molecule has 18 heavy (non-hydrogen) atoms. The molecule has 0 bridgehead atoms. The molecule has 0 radical (unpaired) electrons. The molecule has 0 aliphatic heterocycles. The Morgan fingerprint density at radius 2 is 1.94 bits per heavy atom. The third-order valence-corrected chi connectivity index (χ3v) is 2.93. The number of hydrogen-bond acceptors (Lipinski definition) is 3. The molecule has 1 aromatic rings. The molecule has 0 N–H and O–H groups in total. The molecule has 0 fully saturated rings. The van der Waals surface area contributed by atoms with E-state index in [0.29, 0.717) is 6.61 Å². The number of nitrogens with zero attached hydrogens (tertiary/aromatic N) is 1. The molecule has 0 saturated carbocycles. The molecule has 1 aromatic carbocycles. The summed E-state index contributed by atoms with van der Waals surface area (Å²) in [6.07, 6.45) is 2.20. The van der Waals surface area contributed by atoms with Crippen LogP contribution in [0.25, 0.3) is 0 Å². The van der Waals surface area contributed by atoms with Crippen molar-refractivity contribution in [1.29, 1.82) is 0 Å². The van der Waals surface area contributed by atoms with Crippen molar-refractivity contribution in [1.82, 2.24) is 4.90 Å². The second-order valence-corrected chi connectivity index (χ2v) is 4.40. The van der Waals surface area contributed by atoms with Crippen molar-refractivity contribution >= 4 is 5.97 Å². The molecular formula is C15H23NO2. The molecule has 0 aliphatic rings. The maximum Gasteiger partial charge on any atom is 0.327 e. The van der Waals surface area contributed by atoms with Gasteiger partial charge in [0.2, 0.25) is 0 Å². The number of hydrogen-bond donors (Lipinski definition) is 0. The van der Waals surface area contributed by atoms with Crippen LogP contribution >= 0.6 is 0 Å². The lowest BCUT2D eigenvalue weighted by Crippen LogP contribution is -2.33. The zero-order chi connectivity index (χ0) is 13.4. The highest BCUT2D eigenvalue weighted by molar-refractivity contribution is 5.77. The third kappa shape index (κ3) is 4.15. The van der Waals surface area contributed by atoms with Crippen LogP contribution in [0.2, 0.25) is 0 Å². The maximum absolute atomic E-state index is 12.1. The third-order valence-electron chi connectivity index (χ3n) is 2.93. The van der Waals surface area contributed by atoms with E-state index in [-0.39, 0.29) is 12.0 Å². The molecule has 0 aromatic heterocycles. The summed E-state index contributed by atoms with van der Waals surface area (Å²) < 4.78 is 5.18. The fourth-order valence-electron chi connectivity index (χ4n) is 1.96. The van der Waals surface area contributed by atoms with Crippen molar-refractivity contribution in [3.8, 4) is 0 Å². The summed E-state index contributed by atoms with van der Waals surface area (Å²) in [5, 5.41) is 0. The number of rotatable bonds is 7. The lowest BCUT2D eigenvalue weighted by Gasteiger charge is -2.26. The van der Waals surface area contributed by atoms with Crippen molar-refractivity contribution in [2.24, 2.45) is 0 Å². The van der Waals surface area contributed by atoms with Crippen LogP contribution in [-0.2, 0) is 9.53 Å². The number of unbranched alkanes of at least 4 members (excludes halogenated alkanes) is 1. The van der Waals surface area contributed by atoms with Gasteiger partial charge in [0.05, 0.1) is 6.61 Å². The van der Waals surface area contributed by atoms with Gasteiger partial charge in [0, 0.05) is 0 Å². The minimum Gasteiger partial charge on any atom is -0.465 e. The van der Waals surface area contributed by atoms with Gasteiger partial charge in [0.15, 0.2) is 0 Å². The molecule has 100 valence electrons. The highest BCUT2D eigenvalue weighted by Crippen LogP contribution is 2.21. The average Bonchev–Trinajstić information content (AvgIpc) is 2.38. The Morgan fingerprint density at radius 1 is 1.28 bits per heavy atom. The van der Waals surface area contributed by atoms with E-state index in [1.165, 1.54) is 0 Å². The number of esters is 1. The Hall–Kier alpha value is -1.35. The first-order valence-electron chi connectivity index (χ1n) is 6.62. The topological polar surface area (TPSA) is 29.5 Å². The standard InChI is InChI=1S/C15H23NO2/c1-4-6-12-16(3)14(15(17)18-5-2)13-10-8-7-9-11-13/h7-11,14H,4-6,12H2,1-3H3. The molecule has 0 spiro atoms. The number of carbonyl (C=O) groups excluding carboxylic acids is 1. The zero-order valence-electron chi connectivity index (χ0n) is 11.6. The molecule has 1 atom stereocenters. The first-order valence-corrected chi connectivity index (χ1v) is 6.62. The smallest absolute Gasteiger partial charge is 0.327 e. The van der Waals surface area contributed by atoms with Gasteiger partial charge in [0.25, 0.3) is 0 Å². The van der Waals surface area contributed by atoms with Crippen molar-refractivity contribution < 1.29 is 9.53 Å². The lowest BCUT2D eigenvalue weighted by atomic mass is 10.1. The number of likely N-dealkylation sites (N-methyl/N-ethyl adjacent to an activating group) is 1. The molecule has 1 rings (SSSR count). The fraction of sp³-hybridized carbons (Fsp3) is 0.533. The predicted molar refractivity (Wildman–Crippen MR) is 73.4 cm³/mol. The summed E-state index contributed by atoms with van der Waals surface area (Å²) in [5.74, 6) is -0.165. The van der Waals surface area contributed by atoms with E-state index in [4.69, 9.17) is 4.74 Å². The normalized spacial score (nSPS) is 12.4. The summed E-state index contributed by atoms with van der Waals surface area (Å²) in [5.41, 5.74) is 0.995. The van der Waals surface area contributed by atoms with Gasteiger partial charge >= 0.3 is 5.97 Å². The van der Waals surface area contributed by atoms with Crippen LogP contribution in [0.4, 0.5) is 0 Å². The Balaban J connectivity index is 2.84. The van der Waals surface area contributed by atoms with Crippen molar-refractivity contribution in [3.63, 3.8) is 0 Å². The Morgan fingerprint density at radius 3 is 2.50 bits per heavy atom. The van der Waals surface area contributed by atoms with E-state index < -0.39 is 0 Å². The predicted octanol–water partition coefficient (Wildman–Crippen LogP) is 3.02. The van der Waals surface area contributed by atoms with Gasteiger partial charge in [-0.3, -0.25) is 4.90 Å². The highest BCUT2D eigenvalue weighted by Gasteiger charge is 2.25. The van der Waals surface area contributed by atoms with E-state index in [2.05, 4.69) is 11.8 Å². The lowest BCUT2D eigenvalue weighted by molar-refractivity contribution is -0.149. The van der Waals surface area contributed by atoms with E-state index in [1.807, 2.05) is 44.3 Å². The van der Waals surface area contributed by atoms with Crippen LogP contribution in [0.3, 0.4) is 0 Å². The van der Waals surface area contributed by atoms with Gasteiger partial charge < -0.3 is 4.74 Å². The molecule has 0 aliphatic carbocycles. The van der Waals surface area contributed by atoms with Gasteiger partial charge in [0.1, 0.15) is 6.04 Å². The van der Waals surface area contributed by atoms with E-state index in [0.717, 1.165) is 24.9 Å². The van der Waals surface area contributed by atoms with Gasteiger partial charge in [-0.15, -0.1) is 0 Å².